The zero-order valence-corrected chi connectivity index (χ0v) is 8.88. The number of carbonyl (C=O) groups excluding carboxylic acids is 1. The molecule has 1 aliphatic rings. The van der Waals surface area contributed by atoms with Crippen LogP contribution in [0.2, 0.25) is 0 Å². The molecular formula is C9H13NO3S. The molecule has 5 heteroatoms. The lowest BCUT2D eigenvalue weighted by atomic mass is 9.90. The van der Waals surface area contributed by atoms with Gasteiger partial charge in [-0.1, -0.05) is 6.92 Å². The predicted molar refractivity (Wildman–Crippen MR) is 51.2 cm³/mol. The van der Waals surface area contributed by atoms with Crippen LogP contribution in [0.5, 0.6) is 0 Å². The van der Waals surface area contributed by atoms with Gasteiger partial charge in [-0.3, -0.25) is 0 Å². The molecule has 78 valence electrons. The first-order chi connectivity index (χ1) is 6.49. The number of hydrogen-bond acceptors (Lipinski definition) is 4. The highest BCUT2D eigenvalue weighted by atomic mass is 32.2. The highest BCUT2D eigenvalue weighted by Crippen LogP contribution is 2.39. The van der Waals surface area contributed by atoms with Crippen LogP contribution in [-0.2, 0) is 14.6 Å². The van der Waals surface area contributed by atoms with Crippen LogP contribution in [0, 0.1) is 16.7 Å². The summed E-state index contributed by atoms with van der Waals surface area (Å²) < 4.78 is 23.0. The van der Waals surface area contributed by atoms with Crippen LogP contribution in [0.1, 0.15) is 26.2 Å². The summed E-state index contributed by atoms with van der Waals surface area (Å²) >= 11 is 0. The quantitative estimate of drug-likeness (QED) is 0.649. The molecule has 1 fully saturated rings. The Hall–Kier alpha value is -0.890. The smallest absolute Gasteiger partial charge is 0.152 e. The maximum absolute atomic E-state index is 11.5. The fourth-order valence-corrected chi connectivity index (χ4v) is 3.31. The number of hydrogen-bond donors (Lipinski definition) is 0. The average molecular weight is 215 g/mol. The fraction of sp³-hybridized carbons (Fsp3) is 0.778. The third-order valence-electron chi connectivity index (χ3n) is 2.86. The monoisotopic (exact) mass is 215 g/mol. The highest BCUT2D eigenvalue weighted by molar-refractivity contribution is 7.92. The van der Waals surface area contributed by atoms with Gasteiger partial charge in [-0.15, -0.1) is 0 Å². The number of rotatable bonds is 3. The van der Waals surface area contributed by atoms with Crippen LogP contribution in [0.25, 0.3) is 0 Å². The summed E-state index contributed by atoms with van der Waals surface area (Å²) in [7, 11) is -3.10. The molecule has 14 heavy (non-hydrogen) atoms. The topological polar surface area (TPSA) is 75.0 Å². The Bertz CT molecular complexity index is 368. The van der Waals surface area contributed by atoms with Gasteiger partial charge in [-0.05, 0) is 19.3 Å². The Morgan fingerprint density at radius 2 is 2.29 bits per heavy atom. The van der Waals surface area contributed by atoms with E-state index < -0.39 is 20.5 Å². The Balaban J connectivity index is 2.86. The van der Waals surface area contributed by atoms with Crippen molar-refractivity contribution in [3.05, 3.63) is 0 Å². The summed E-state index contributed by atoms with van der Waals surface area (Å²) in [6.45, 7) is 1.59. The molecule has 0 aromatic rings. The summed E-state index contributed by atoms with van der Waals surface area (Å²) in [5.74, 6) is 0.0814. The number of nitrogens with zero attached hydrogens (tertiary/aromatic N) is 1. The molecule has 0 bridgehead atoms. The van der Waals surface area contributed by atoms with E-state index >= 15 is 0 Å². The summed E-state index contributed by atoms with van der Waals surface area (Å²) in [6.07, 6.45) is 1.57. The van der Waals surface area contributed by atoms with Crippen molar-refractivity contribution < 1.29 is 13.2 Å². The van der Waals surface area contributed by atoms with E-state index in [2.05, 4.69) is 0 Å². The zero-order valence-electron chi connectivity index (χ0n) is 8.06. The third kappa shape index (κ3) is 1.80. The Labute approximate surface area is 83.8 Å². The summed E-state index contributed by atoms with van der Waals surface area (Å²) in [6, 6.07) is 1.92. The summed E-state index contributed by atoms with van der Waals surface area (Å²) in [5.41, 5.74) is -1.05. The SMILES string of the molecule is CCS(=O)(=O)C1CCC(C#N)(C=O)C1. The van der Waals surface area contributed by atoms with Crippen molar-refractivity contribution in [2.75, 3.05) is 5.75 Å². The van der Waals surface area contributed by atoms with Crippen molar-refractivity contribution >= 4 is 16.1 Å². The van der Waals surface area contributed by atoms with Gasteiger partial charge in [0.25, 0.3) is 0 Å². The van der Waals surface area contributed by atoms with E-state index in [0.29, 0.717) is 19.1 Å². The van der Waals surface area contributed by atoms with Crippen LogP contribution in [-0.4, -0.2) is 25.7 Å². The van der Waals surface area contributed by atoms with Crippen LogP contribution in [0.4, 0.5) is 0 Å². The predicted octanol–water partition coefficient (Wildman–Crippen LogP) is 0.682. The second kappa shape index (κ2) is 3.70. The average Bonchev–Trinajstić information content (AvgIpc) is 2.63. The van der Waals surface area contributed by atoms with E-state index in [1.54, 1.807) is 6.92 Å². The van der Waals surface area contributed by atoms with Gasteiger partial charge in [0.05, 0.1) is 11.3 Å². The molecule has 0 aromatic heterocycles. The Morgan fingerprint density at radius 1 is 1.64 bits per heavy atom. The first-order valence-electron chi connectivity index (χ1n) is 4.59. The molecule has 0 N–H and O–H groups in total. The Kier molecular flexibility index (Phi) is 2.95. The van der Waals surface area contributed by atoms with Gasteiger partial charge >= 0.3 is 0 Å². The minimum absolute atomic E-state index is 0.0814. The van der Waals surface area contributed by atoms with Gasteiger partial charge in [-0.2, -0.15) is 5.26 Å². The van der Waals surface area contributed by atoms with E-state index in [-0.39, 0.29) is 12.2 Å². The van der Waals surface area contributed by atoms with E-state index in [1.807, 2.05) is 6.07 Å². The van der Waals surface area contributed by atoms with Crippen molar-refractivity contribution in [1.82, 2.24) is 0 Å². The number of carbonyl (C=O) groups is 1. The number of aldehydes is 1. The molecule has 0 spiro atoms. The molecule has 2 unspecified atom stereocenters. The van der Waals surface area contributed by atoms with Gasteiger partial charge in [0.1, 0.15) is 11.7 Å². The van der Waals surface area contributed by atoms with Crippen molar-refractivity contribution in [2.45, 2.75) is 31.4 Å². The van der Waals surface area contributed by atoms with Crippen LogP contribution >= 0.6 is 0 Å². The fourth-order valence-electron chi connectivity index (χ4n) is 1.81. The molecule has 0 saturated heterocycles. The molecule has 1 rings (SSSR count). The molecule has 2 atom stereocenters. The lowest BCUT2D eigenvalue weighted by Crippen LogP contribution is -2.23. The summed E-state index contributed by atoms with van der Waals surface area (Å²) in [4.78, 5) is 10.7. The number of sulfone groups is 1. The molecule has 0 aliphatic heterocycles. The van der Waals surface area contributed by atoms with Crippen molar-refractivity contribution in [1.29, 1.82) is 5.26 Å². The molecular weight excluding hydrogens is 202 g/mol. The maximum atomic E-state index is 11.5. The normalized spacial score (nSPS) is 32.4. The minimum atomic E-state index is -3.10. The second-order valence-electron chi connectivity index (χ2n) is 3.70. The lowest BCUT2D eigenvalue weighted by molar-refractivity contribution is -0.113. The molecule has 0 heterocycles. The molecule has 1 saturated carbocycles. The Morgan fingerprint density at radius 3 is 2.64 bits per heavy atom. The first kappa shape index (κ1) is 11.2. The van der Waals surface area contributed by atoms with Gasteiger partial charge in [0.15, 0.2) is 9.84 Å². The maximum Gasteiger partial charge on any atom is 0.152 e. The van der Waals surface area contributed by atoms with Crippen LogP contribution < -0.4 is 0 Å². The van der Waals surface area contributed by atoms with E-state index in [9.17, 15) is 13.2 Å². The van der Waals surface area contributed by atoms with Gasteiger partial charge in [0, 0.05) is 5.75 Å². The zero-order chi connectivity index (χ0) is 10.8. The molecule has 4 nitrogen and oxygen atoms in total. The van der Waals surface area contributed by atoms with Crippen molar-refractivity contribution in [3.8, 4) is 6.07 Å². The standard InChI is InChI=1S/C9H13NO3S/c1-2-14(12,13)8-3-4-9(5-8,6-10)7-11/h7-8H,2-5H2,1H3. The van der Waals surface area contributed by atoms with Crippen molar-refractivity contribution in [3.63, 3.8) is 0 Å². The van der Waals surface area contributed by atoms with Crippen LogP contribution in [0.15, 0.2) is 0 Å². The second-order valence-corrected chi connectivity index (χ2v) is 6.27. The van der Waals surface area contributed by atoms with E-state index in [0.717, 1.165) is 0 Å². The minimum Gasteiger partial charge on any atom is -0.302 e. The van der Waals surface area contributed by atoms with E-state index in [1.165, 1.54) is 0 Å². The van der Waals surface area contributed by atoms with Gasteiger partial charge in [-0.25, -0.2) is 8.42 Å². The van der Waals surface area contributed by atoms with Crippen molar-refractivity contribution in [2.24, 2.45) is 5.41 Å². The number of nitriles is 1. The molecule has 1 aliphatic carbocycles. The van der Waals surface area contributed by atoms with Gasteiger partial charge in [0.2, 0.25) is 0 Å². The first-order valence-corrected chi connectivity index (χ1v) is 6.30. The lowest BCUT2D eigenvalue weighted by Gasteiger charge is -2.12. The molecule has 0 aromatic carbocycles. The molecule has 0 radical (unpaired) electrons. The largest absolute Gasteiger partial charge is 0.302 e. The van der Waals surface area contributed by atoms with Crippen LogP contribution in [0.3, 0.4) is 0 Å². The summed E-state index contributed by atoms with van der Waals surface area (Å²) in [5, 5.41) is 8.29. The highest BCUT2D eigenvalue weighted by Gasteiger charge is 2.44. The van der Waals surface area contributed by atoms with E-state index in [4.69, 9.17) is 5.26 Å². The third-order valence-corrected chi connectivity index (χ3v) is 5.09. The van der Waals surface area contributed by atoms with Gasteiger partial charge < -0.3 is 4.79 Å². The molecule has 0 amide bonds.